The van der Waals surface area contributed by atoms with Gasteiger partial charge in [-0.2, -0.15) is 0 Å². The van der Waals surface area contributed by atoms with Crippen molar-refractivity contribution in [3.05, 3.63) is 35.9 Å². The number of rotatable bonds is 3. The van der Waals surface area contributed by atoms with Crippen LogP contribution in [-0.4, -0.2) is 11.2 Å². The fraction of sp³-hybridized carbons (Fsp3) is 0.700. The number of aliphatic hydroxyl groups is 1. The van der Waals surface area contributed by atoms with Crippen LogP contribution in [0.4, 0.5) is 0 Å². The summed E-state index contributed by atoms with van der Waals surface area (Å²) in [5.74, 6) is 3.68. The van der Waals surface area contributed by atoms with Gasteiger partial charge in [0.15, 0.2) is 0 Å². The number of aliphatic hydroxyl groups excluding tert-OH is 1. The molecule has 0 spiro atoms. The van der Waals surface area contributed by atoms with Gasteiger partial charge in [-0.25, -0.2) is 0 Å². The topological polar surface area (TPSA) is 20.2 Å². The third-order valence-electron chi connectivity index (χ3n) is 6.57. The minimum Gasteiger partial charge on any atom is -0.393 e. The fourth-order valence-corrected chi connectivity index (χ4v) is 5.25. The van der Waals surface area contributed by atoms with E-state index in [9.17, 15) is 5.11 Å². The molecule has 4 rings (SSSR count). The van der Waals surface area contributed by atoms with Crippen molar-refractivity contribution in [2.45, 2.75) is 63.4 Å². The highest BCUT2D eigenvalue weighted by Gasteiger charge is 2.47. The monoisotopic (exact) mass is 284 g/mol. The lowest BCUT2D eigenvalue weighted by Crippen LogP contribution is -2.34. The minimum absolute atomic E-state index is 0.0434. The molecular formula is C20H28O. The Morgan fingerprint density at radius 1 is 0.857 bits per heavy atom. The van der Waals surface area contributed by atoms with E-state index in [0.717, 1.165) is 11.8 Å². The van der Waals surface area contributed by atoms with Crippen LogP contribution in [0.2, 0.25) is 0 Å². The highest BCUT2D eigenvalue weighted by molar-refractivity contribution is 5.26. The van der Waals surface area contributed by atoms with E-state index in [4.69, 9.17) is 0 Å². The fourth-order valence-electron chi connectivity index (χ4n) is 5.25. The number of hydrogen-bond acceptors (Lipinski definition) is 1. The van der Waals surface area contributed by atoms with Crippen molar-refractivity contribution in [2.75, 3.05) is 0 Å². The summed E-state index contributed by atoms with van der Waals surface area (Å²) in [7, 11) is 0. The summed E-state index contributed by atoms with van der Waals surface area (Å²) >= 11 is 0. The van der Waals surface area contributed by atoms with Crippen molar-refractivity contribution < 1.29 is 5.11 Å². The van der Waals surface area contributed by atoms with E-state index in [2.05, 4.69) is 30.3 Å². The first kappa shape index (κ1) is 13.8. The Kier molecular flexibility index (Phi) is 3.79. The van der Waals surface area contributed by atoms with Crippen LogP contribution in [0.5, 0.6) is 0 Å². The third-order valence-corrected chi connectivity index (χ3v) is 6.57. The molecule has 114 valence electrons. The molecular weight excluding hydrogens is 256 g/mol. The lowest BCUT2D eigenvalue weighted by atomic mass is 9.66. The molecule has 0 saturated heterocycles. The van der Waals surface area contributed by atoms with E-state index in [-0.39, 0.29) is 6.10 Å². The second-order valence-electron chi connectivity index (χ2n) is 7.79. The number of benzene rings is 1. The van der Waals surface area contributed by atoms with Crippen LogP contribution in [0, 0.1) is 23.7 Å². The Hall–Kier alpha value is -0.820. The first-order valence-electron chi connectivity index (χ1n) is 9.06. The maximum absolute atomic E-state index is 10.8. The molecule has 0 aliphatic heterocycles. The van der Waals surface area contributed by atoms with Crippen molar-refractivity contribution in [2.24, 2.45) is 23.7 Å². The van der Waals surface area contributed by atoms with Gasteiger partial charge in [0.1, 0.15) is 0 Å². The highest BCUT2D eigenvalue weighted by Crippen LogP contribution is 2.54. The minimum atomic E-state index is -0.0434. The van der Waals surface area contributed by atoms with Crippen LogP contribution in [0.3, 0.4) is 0 Å². The molecule has 3 fully saturated rings. The van der Waals surface area contributed by atoms with E-state index >= 15 is 0 Å². The van der Waals surface area contributed by atoms with Gasteiger partial charge in [-0.15, -0.1) is 0 Å². The van der Waals surface area contributed by atoms with E-state index in [1.54, 1.807) is 0 Å². The normalized spacial score (nSPS) is 40.3. The first-order valence-corrected chi connectivity index (χ1v) is 9.06. The largest absolute Gasteiger partial charge is 0.393 e. The summed E-state index contributed by atoms with van der Waals surface area (Å²) in [4.78, 5) is 0. The zero-order valence-corrected chi connectivity index (χ0v) is 13.0. The van der Waals surface area contributed by atoms with Gasteiger partial charge in [-0.05, 0) is 60.8 Å². The predicted octanol–water partition coefficient (Wildman–Crippen LogP) is 4.76. The van der Waals surface area contributed by atoms with Gasteiger partial charge in [-0.3, -0.25) is 0 Å². The molecule has 3 aliphatic rings. The van der Waals surface area contributed by atoms with E-state index in [0.29, 0.717) is 17.8 Å². The predicted molar refractivity (Wildman–Crippen MR) is 86.1 cm³/mol. The van der Waals surface area contributed by atoms with Crippen LogP contribution in [0.1, 0.15) is 62.8 Å². The average molecular weight is 284 g/mol. The smallest absolute Gasteiger partial charge is 0.0602 e. The Morgan fingerprint density at radius 3 is 2.43 bits per heavy atom. The zero-order chi connectivity index (χ0) is 14.2. The lowest BCUT2D eigenvalue weighted by molar-refractivity contribution is 0.0223. The molecule has 1 N–H and O–H groups in total. The Bertz CT molecular complexity index is 468. The maximum atomic E-state index is 10.8. The van der Waals surface area contributed by atoms with Crippen LogP contribution in [-0.2, 0) is 0 Å². The standard InChI is InChI=1S/C20H28O/c21-20(19-13-18(19)15-7-2-1-3-8-15)17-11-10-14-6-4-5-9-16(14)12-17/h1-3,7-8,14,16-21H,4-6,9-13H2. The van der Waals surface area contributed by atoms with Gasteiger partial charge < -0.3 is 5.11 Å². The molecule has 0 heterocycles. The van der Waals surface area contributed by atoms with Gasteiger partial charge in [-0.1, -0.05) is 56.0 Å². The summed E-state index contributed by atoms with van der Waals surface area (Å²) in [5.41, 5.74) is 1.44. The summed E-state index contributed by atoms with van der Waals surface area (Å²) < 4.78 is 0. The molecule has 1 aromatic rings. The van der Waals surface area contributed by atoms with Gasteiger partial charge in [0.2, 0.25) is 0 Å². The molecule has 0 aromatic heterocycles. The summed E-state index contributed by atoms with van der Waals surface area (Å²) in [6.07, 6.45) is 10.9. The van der Waals surface area contributed by atoms with Gasteiger partial charge in [0.05, 0.1) is 6.10 Å². The first-order chi connectivity index (χ1) is 10.3. The summed E-state index contributed by atoms with van der Waals surface area (Å²) in [5, 5.41) is 10.8. The van der Waals surface area contributed by atoms with Gasteiger partial charge in [0, 0.05) is 0 Å². The molecule has 6 unspecified atom stereocenters. The molecule has 21 heavy (non-hydrogen) atoms. The number of hydrogen-bond donors (Lipinski definition) is 1. The Morgan fingerprint density at radius 2 is 1.62 bits per heavy atom. The van der Waals surface area contributed by atoms with Crippen molar-refractivity contribution in [3.63, 3.8) is 0 Å². The molecule has 0 radical (unpaired) electrons. The van der Waals surface area contributed by atoms with Gasteiger partial charge >= 0.3 is 0 Å². The molecule has 1 aromatic carbocycles. The Balaban J connectivity index is 1.37. The molecule has 3 saturated carbocycles. The molecule has 6 atom stereocenters. The van der Waals surface area contributed by atoms with E-state index < -0.39 is 0 Å². The third kappa shape index (κ3) is 2.77. The van der Waals surface area contributed by atoms with E-state index in [1.165, 1.54) is 56.9 Å². The molecule has 1 heteroatoms. The SMILES string of the molecule is OC(C1CCC2CCCCC2C1)C1CC1c1ccccc1. The average Bonchev–Trinajstić information content (AvgIpc) is 3.35. The van der Waals surface area contributed by atoms with Crippen molar-refractivity contribution >= 4 is 0 Å². The van der Waals surface area contributed by atoms with Crippen molar-refractivity contribution in [1.29, 1.82) is 0 Å². The lowest BCUT2D eigenvalue weighted by Gasteiger charge is -2.41. The molecule has 0 bridgehead atoms. The zero-order valence-electron chi connectivity index (χ0n) is 13.0. The van der Waals surface area contributed by atoms with Crippen LogP contribution in [0.25, 0.3) is 0 Å². The maximum Gasteiger partial charge on any atom is 0.0602 e. The quantitative estimate of drug-likeness (QED) is 0.848. The van der Waals surface area contributed by atoms with E-state index in [1.807, 2.05) is 0 Å². The second-order valence-corrected chi connectivity index (χ2v) is 7.79. The molecule has 3 aliphatic carbocycles. The van der Waals surface area contributed by atoms with Crippen LogP contribution < -0.4 is 0 Å². The van der Waals surface area contributed by atoms with Crippen molar-refractivity contribution in [1.82, 2.24) is 0 Å². The van der Waals surface area contributed by atoms with Crippen molar-refractivity contribution in [3.8, 4) is 0 Å². The molecule has 1 nitrogen and oxygen atoms in total. The second kappa shape index (κ2) is 5.76. The highest BCUT2D eigenvalue weighted by atomic mass is 16.3. The number of fused-ring (bicyclic) bond motifs is 1. The summed E-state index contributed by atoms with van der Waals surface area (Å²) in [6, 6.07) is 10.8. The Labute approximate surface area is 128 Å². The van der Waals surface area contributed by atoms with Gasteiger partial charge in [0.25, 0.3) is 0 Å². The van der Waals surface area contributed by atoms with Crippen LogP contribution >= 0.6 is 0 Å². The summed E-state index contributed by atoms with van der Waals surface area (Å²) in [6.45, 7) is 0. The van der Waals surface area contributed by atoms with Crippen LogP contribution in [0.15, 0.2) is 30.3 Å². The molecule has 0 amide bonds.